The van der Waals surface area contributed by atoms with Crippen LogP contribution < -0.4 is 5.73 Å². The second kappa shape index (κ2) is 3.37. The Balaban J connectivity index is 1.67. The minimum absolute atomic E-state index is 0.0235. The lowest BCUT2D eigenvalue weighted by Gasteiger charge is -2.77. The van der Waals surface area contributed by atoms with Gasteiger partial charge in [-0.3, -0.25) is 4.79 Å². The van der Waals surface area contributed by atoms with E-state index in [0.29, 0.717) is 5.41 Å². The SMILES string of the molecule is CCC1C2CC3(C(N)=O)CC4(c5ccccc5)CC1C24C3. The van der Waals surface area contributed by atoms with E-state index in [-0.39, 0.29) is 16.7 Å². The molecule has 1 aromatic rings. The molecular weight excluding hydrogens is 258 g/mol. The molecule has 1 amide bonds. The van der Waals surface area contributed by atoms with E-state index in [9.17, 15) is 4.79 Å². The number of hydrogen-bond acceptors (Lipinski definition) is 1. The average Bonchev–Trinajstić information content (AvgIpc) is 2.94. The summed E-state index contributed by atoms with van der Waals surface area (Å²) in [7, 11) is 0. The van der Waals surface area contributed by atoms with Gasteiger partial charge < -0.3 is 5.73 Å². The summed E-state index contributed by atoms with van der Waals surface area (Å²) >= 11 is 0. The van der Waals surface area contributed by atoms with Crippen LogP contribution in [-0.4, -0.2) is 5.91 Å². The Hall–Kier alpha value is -1.31. The molecule has 5 rings (SSSR count). The summed E-state index contributed by atoms with van der Waals surface area (Å²) in [5, 5.41) is 0. The average molecular weight is 281 g/mol. The molecule has 110 valence electrons. The van der Waals surface area contributed by atoms with E-state index >= 15 is 0 Å². The van der Waals surface area contributed by atoms with Crippen LogP contribution in [0.2, 0.25) is 0 Å². The number of amides is 1. The molecule has 1 spiro atoms. The summed E-state index contributed by atoms with van der Waals surface area (Å²) in [6.07, 6.45) is 5.74. The predicted octanol–water partition coefficient (Wildman–Crippen LogP) is 3.26. The van der Waals surface area contributed by atoms with Crippen LogP contribution in [0.5, 0.6) is 0 Å². The van der Waals surface area contributed by atoms with Gasteiger partial charge in [0.1, 0.15) is 0 Å². The van der Waals surface area contributed by atoms with Gasteiger partial charge >= 0.3 is 0 Å². The van der Waals surface area contributed by atoms with Gasteiger partial charge in [-0.15, -0.1) is 0 Å². The van der Waals surface area contributed by atoms with Crippen LogP contribution in [0.15, 0.2) is 30.3 Å². The third-order valence-electron chi connectivity index (χ3n) is 8.02. The number of benzene rings is 1. The minimum atomic E-state index is -0.195. The quantitative estimate of drug-likeness (QED) is 0.908. The summed E-state index contributed by atoms with van der Waals surface area (Å²) in [4.78, 5) is 12.3. The van der Waals surface area contributed by atoms with Crippen LogP contribution in [-0.2, 0) is 10.2 Å². The number of nitrogens with two attached hydrogens (primary N) is 1. The monoisotopic (exact) mass is 281 g/mol. The van der Waals surface area contributed by atoms with Crippen molar-refractivity contribution in [3.63, 3.8) is 0 Å². The number of hydrogen-bond donors (Lipinski definition) is 1. The molecule has 4 aliphatic rings. The van der Waals surface area contributed by atoms with Crippen molar-refractivity contribution in [3.8, 4) is 0 Å². The topological polar surface area (TPSA) is 43.1 Å². The maximum atomic E-state index is 12.3. The highest BCUT2D eigenvalue weighted by atomic mass is 16.1. The van der Waals surface area contributed by atoms with Gasteiger partial charge in [-0.2, -0.15) is 0 Å². The van der Waals surface area contributed by atoms with Crippen LogP contribution in [0.3, 0.4) is 0 Å². The minimum Gasteiger partial charge on any atom is -0.369 e. The molecule has 0 radical (unpaired) electrons. The summed E-state index contributed by atoms with van der Waals surface area (Å²) in [5.41, 5.74) is 7.85. The molecule has 6 unspecified atom stereocenters. The molecule has 4 fully saturated rings. The summed E-state index contributed by atoms with van der Waals surface area (Å²) in [6.45, 7) is 2.32. The van der Waals surface area contributed by atoms with Gasteiger partial charge in [0, 0.05) is 5.41 Å². The molecule has 2 N–H and O–H groups in total. The molecule has 0 aliphatic heterocycles. The van der Waals surface area contributed by atoms with Gasteiger partial charge in [0.25, 0.3) is 0 Å². The summed E-state index contributed by atoms with van der Waals surface area (Å²) in [5.74, 6) is 2.44. The molecule has 2 bridgehead atoms. The third-order valence-corrected chi connectivity index (χ3v) is 8.02. The molecule has 2 nitrogen and oxygen atoms in total. The molecule has 4 aliphatic carbocycles. The fraction of sp³-hybridized carbons (Fsp3) is 0.632. The lowest BCUT2D eigenvalue weighted by molar-refractivity contribution is -0.250. The molecule has 0 heterocycles. The fourth-order valence-corrected chi connectivity index (χ4v) is 7.54. The van der Waals surface area contributed by atoms with Crippen LogP contribution in [0.25, 0.3) is 0 Å². The van der Waals surface area contributed by atoms with E-state index in [4.69, 9.17) is 5.73 Å². The standard InChI is InChI=1S/C19H23NO/c1-2-13-14-8-17(16(20)21)10-18(12-6-4-3-5-7-12)9-15(13)19(14,18)11-17/h3-7,13-15H,2,8-11H2,1H3,(H2,20,21). The highest BCUT2D eigenvalue weighted by Gasteiger charge is 2.87. The number of primary amides is 1. The van der Waals surface area contributed by atoms with Crippen molar-refractivity contribution in [3.05, 3.63) is 35.9 Å². The van der Waals surface area contributed by atoms with Crippen LogP contribution in [0.4, 0.5) is 0 Å². The highest BCUT2D eigenvalue weighted by Crippen LogP contribution is 2.91. The van der Waals surface area contributed by atoms with Gasteiger partial charge in [-0.1, -0.05) is 43.7 Å². The Morgan fingerprint density at radius 2 is 1.90 bits per heavy atom. The first kappa shape index (κ1) is 12.3. The van der Waals surface area contributed by atoms with Gasteiger partial charge in [0.2, 0.25) is 5.91 Å². The summed E-state index contributed by atoms with van der Waals surface area (Å²) < 4.78 is 0. The van der Waals surface area contributed by atoms with Crippen LogP contribution in [0, 0.1) is 28.6 Å². The molecule has 6 atom stereocenters. The van der Waals surface area contributed by atoms with Crippen LogP contribution >= 0.6 is 0 Å². The zero-order valence-corrected chi connectivity index (χ0v) is 12.6. The zero-order chi connectivity index (χ0) is 14.5. The second-order valence-electron chi connectivity index (χ2n) is 8.18. The molecule has 21 heavy (non-hydrogen) atoms. The lowest BCUT2D eigenvalue weighted by Crippen LogP contribution is -2.73. The fourth-order valence-electron chi connectivity index (χ4n) is 7.54. The van der Waals surface area contributed by atoms with Crippen molar-refractivity contribution in [2.75, 3.05) is 0 Å². The van der Waals surface area contributed by atoms with Gasteiger partial charge in [0.05, 0.1) is 5.41 Å². The molecule has 0 saturated heterocycles. The molecule has 1 aromatic carbocycles. The first-order valence-electron chi connectivity index (χ1n) is 8.45. The van der Waals surface area contributed by atoms with Crippen molar-refractivity contribution in [2.24, 2.45) is 34.3 Å². The zero-order valence-electron chi connectivity index (χ0n) is 12.6. The van der Waals surface area contributed by atoms with E-state index in [1.807, 2.05) is 0 Å². The Morgan fingerprint density at radius 3 is 2.57 bits per heavy atom. The number of rotatable bonds is 3. The van der Waals surface area contributed by atoms with E-state index < -0.39 is 0 Å². The molecule has 0 aromatic heterocycles. The molecule has 4 saturated carbocycles. The summed E-state index contributed by atoms with van der Waals surface area (Å²) in [6, 6.07) is 11.0. The number of carbonyl (C=O) groups excluding carboxylic acids is 1. The normalized spacial score (nSPS) is 52.0. The highest BCUT2D eigenvalue weighted by molar-refractivity contribution is 5.83. The van der Waals surface area contributed by atoms with Gasteiger partial charge in [0.15, 0.2) is 0 Å². The van der Waals surface area contributed by atoms with Gasteiger partial charge in [-0.25, -0.2) is 0 Å². The molecule has 2 heteroatoms. The van der Waals surface area contributed by atoms with Gasteiger partial charge in [-0.05, 0) is 54.4 Å². The third kappa shape index (κ3) is 1.01. The first-order valence-corrected chi connectivity index (χ1v) is 8.45. The van der Waals surface area contributed by atoms with Crippen molar-refractivity contribution < 1.29 is 4.79 Å². The smallest absolute Gasteiger partial charge is 0.223 e. The second-order valence-corrected chi connectivity index (χ2v) is 8.18. The maximum Gasteiger partial charge on any atom is 0.223 e. The predicted molar refractivity (Wildman–Crippen MR) is 81.4 cm³/mol. The van der Waals surface area contributed by atoms with Crippen molar-refractivity contribution in [1.29, 1.82) is 0 Å². The number of fused-ring (bicyclic) bond motifs is 1. The molecular formula is C19H23NO. The Bertz CT molecular complexity index is 640. The Morgan fingerprint density at radius 1 is 1.19 bits per heavy atom. The van der Waals surface area contributed by atoms with E-state index in [1.54, 1.807) is 0 Å². The lowest BCUT2D eigenvalue weighted by atomic mass is 9.27. The van der Waals surface area contributed by atoms with Crippen molar-refractivity contribution in [1.82, 2.24) is 0 Å². The van der Waals surface area contributed by atoms with E-state index in [2.05, 4.69) is 37.3 Å². The largest absolute Gasteiger partial charge is 0.369 e. The van der Waals surface area contributed by atoms with E-state index in [1.165, 1.54) is 18.4 Å². The maximum absolute atomic E-state index is 12.3. The van der Waals surface area contributed by atoms with E-state index in [0.717, 1.165) is 37.0 Å². The Kier molecular flexibility index (Phi) is 1.96. The van der Waals surface area contributed by atoms with Crippen LogP contribution in [0.1, 0.15) is 44.6 Å². The number of carbonyl (C=O) groups is 1. The Labute approximate surface area is 126 Å². The van der Waals surface area contributed by atoms with Crippen molar-refractivity contribution >= 4 is 5.91 Å². The first-order chi connectivity index (χ1) is 10.1. The van der Waals surface area contributed by atoms with Crippen molar-refractivity contribution in [2.45, 2.75) is 44.4 Å².